The first-order chi connectivity index (χ1) is 16.7. The highest BCUT2D eigenvalue weighted by Crippen LogP contribution is 2.28. The maximum absolute atomic E-state index is 11.5. The molecule has 3 aromatic carbocycles. The summed E-state index contributed by atoms with van der Waals surface area (Å²) >= 11 is 0. The van der Waals surface area contributed by atoms with E-state index in [1.165, 1.54) is 0 Å². The summed E-state index contributed by atoms with van der Waals surface area (Å²) in [4.78, 5) is 25.5. The minimum Gasteiger partial charge on any atom is -0.457 e. The second-order valence-corrected chi connectivity index (χ2v) is 7.39. The Kier molecular flexibility index (Phi) is 7.21. The van der Waals surface area contributed by atoms with Gasteiger partial charge in [0.25, 0.3) is 0 Å². The maximum Gasteiger partial charge on any atom is 0.308 e. The van der Waals surface area contributed by atoms with Crippen LogP contribution in [-0.4, -0.2) is 27.7 Å². The largest absolute Gasteiger partial charge is 0.457 e. The van der Waals surface area contributed by atoms with Gasteiger partial charge in [0.2, 0.25) is 6.79 Å². The number of carbonyl (C=O) groups is 1. The summed E-state index contributed by atoms with van der Waals surface area (Å²) < 4.78 is 10.5. The molecule has 4 rings (SSSR count). The van der Waals surface area contributed by atoms with E-state index in [4.69, 9.17) is 9.47 Å². The fraction of sp³-hybridized carbons (Fsp3) is 0.148. The molecular weight excluding hydrogens is 428 g/mol. The normalized spacial score (nSPS) is 10.4. The van der Waals surface area contributed by atoms with Crippen molar-refractivity contribution in [2.24, 2.45) is 0 Å². The van der Waals surface area contributed by atoms with E-state index in [1.807, 2.05) is 67.6 Å². The van der Waals surface area contributed by atoms with Crippen LogP contribution in [-0.2, 0) is 9.53 Å². The third-order valence-electron chi connectivity index (χ3n) is 4.95. The molecule has 0 saturated carbocycles. The molecule has 0 aliphatic heterocycles. The number of nitriles is 1. The van der Waals surface area contributed by atoms with Gasteiger partial charge < -0.3 is 9.47 Å². The molecule has 168 valence electrons. The molecule has 0 radical (unpaired) electrons. The molecule has 0 fully saturated rings. The summed E-state index contributed by atoms with van der Waals surface area (Å²) in [6.45, 7) is 1.68. The van der Waals surface area contributed by atoms with Gasteiger partial charge in [0.1, 0.15) is 11.8 Å². The van der Waals surface area contributed by atoms with Gasteiger partial charge in [-0.1, -0.05) is 67.6 Å². The number of hydrogen-bond acceptors (Lipinski definition) is 7. The highest BCUT2D eigenvalue weighted by atomic mass is 16.7. The zero-order valence-electron chi connectivity index (χ0n) is 18.6. The van der Waals surface area contributed by atoms with Crippen LogP contribution in [0, 0.1) is 11.3 Å². The molecule has 4 aromatic rings. The Morgan fingerprint density at radius 3 is 2.00 bits per heavy atom. The third-order valence-corrected chi connectivity index (χ3v) is 4.95. The van der Waals surface area contributed by atoms with Gasteiger partial charge in [0.15, 0.2) is 17.5 Å². The van der Waals surface area contributed by atoms with E-state index >= 15 is 0 Å². The number of hydrogen-bond donors (Lipinski definition) is 0. The molecule has 0 spiro atoms. The zero-order chi connectivity index (χ0) is 23.8. The van der Waals surface area contributed by atoms with E-state index in [9.17, 15) is 10.1 Å². The minimum atomic E-state index is -0.327. The summed E-state index contributed by atoms with van der Waals surface area (Å²) in [5.41, 5.74) is 2.57. The topological polar surface area (TPSA) is 98.0 Å². The molecule has 0 saturated heterocycles. The molecule has 0 bridgehead atoms. The summed E-state index contributed by atoms with van der Waals surface area (Å²) in [6, 6.07) is 26.4. The molecule has 0 atom stereocenters. The molecule has 7 nitrogen and oxygen atoms in total. The molecule has 0 unspecified atom stereocenters. The van der Waals surface area contributed by atoms with Gasteiger partial charge in [0, 0.05) is 23.1 Å². The SMILES string of the molecule is CCCC(=O)OCOc1ccc(-c2nc(-c3ccccc3)nc(-c3ccccc3)n2)c(C#N)c1. The summed E-state index contributed by atoms with van der Waals surface area (Å²) in [7, 11) is 0. The van der Waals surface area contributed by atoms with Crippen molar-refractivity contribution in [3.63, 3.8) is 0 Å². The van der Waals surface area contributed by atoms with Crippen molar-refractivity contribution in [3.05, 3.63) is 84.4 Å². The molecule has 1 aromatic heterocycles. The van der Waals surface area contributed by atoms with Crippen LogP contribution in [0.4, 0.5) is 0 Å². The number of ether oxygens (including phenoxy) is 2. The second-order valence-electron chi connectivity index (χ2n) is 7.39. The number of aromatic nitrogens is 3. The summed E-state index contributed by atoms with van der Waals surface area (Å²) in [5.74, 6) is 1.48. The molecule has 7 heteroatoms. The number of nitrogens with zero attached hydrogens (tertiary/aromatic N) is 4. The average molecular weight is 450 g/mol. The van der Waals surface area contributed by atoms with Gasteiger partial charge in [-0.05, 0) is 24.6 Å². The molecule has 0 amide bonds. The number of rotatable bonds is 8. The van der Waals surface area contributed by atoms with E-state index in [2.05, 4.69) is 21.0 Å². The van der Waals surface area contributed by atoms with Crippen LogP contribution in [0.2, 0.25) is 0 Å². The zero-order valence-corrected chi connectivity index (χ0v) is 18.6. The van der Waals surface area contributed by atoms with E-state index < -0.39 is 0 Å². The van der Waals surface area contributed by atoms with Crippen molar-refractivity contribution >= 4 is 5.97 Å². The first-order valence-corrected chi connectivity index (χ1v) is 10.9. The Hall–Kier alpha value is -4.57. The lowest BCUT2D eigenvalue weighted by atomic mass is 10.1. The predicted molar refractivity (Wildman–Crippen MR) is 127 cm³/mol. The smallest absolute Gasteiger partial charge is 0.308 e. The molecule has 1 heterocycles. The molecule has 0 aliphatic carbocycles. The van der Waals surface area contributed by atoms with Gasteiger partial charge in [-0.15, -0.1) is 0 Å². The van der Waals surface area contributed by atoms with Crippen molar-refractivity contribution in [1.29, 1.82) is 5.26 Å². The number of esters is 1. The van der Waals surface area contributed by atoms with E-state index in [0.717, 1.165) is 11.1 Å². The van der Waals surface area contributed by atoms with Crippen LogP contribution in [0.1, 0.15) is 25.3 Å². The van der Waals surface area contributed by atoms with Crippen molar-refractivity contribution in [1.82, 2.24) is 15.0 Å². The molecular formula is C27H22N4O3. The quantitative estimate of drug-likeness (QED) is 0.261. The van der Waals surface area contributed by atoms with Crippen LogP contribution in [0.25, 0.3) is 34.2 Å². The lowest BCUT2D eigenvalue weighted by molar-refractivity contribution is -0.150. The predicted octanol–water partition coefficient (Wildman–Crippen LogP) is 5.42. The van der Waals surface area contributed by atoms with Crippen LogP contribution >= 0.6 is 0 Å². The van der Waals surface area contributed by atoms with Gasteiger partial charge in [0.05, 0.1) is 5.56 Å². The van der Waals surface area contributed by atoms with Crippen LogP contribution < -0.4 is 4.74 Å². The van der Waals surface area contributed by atoms with Crippen LogP contribution in [0.5, 0.6) is 5.75 Å². The van der Waals surface area contributed by atoms with E-state index in [-0.39, 0.29) is 12.8 Å². The van der Waals surface area contributed by atoms with Gasteiger partial charge in [-0.3, -0.25) is 4.79 Å². The Balaban J connectivity index is 1.70. The van der Waals surface area contributed by atoms with Crippen LogP contribution in [0.15, 0.2) is 78.9 Å². The Bertz CT molecular complexity index is 1260. The number of carbonyl (C=O) groups excluding carboxylic acids is 1. The molecule has 0 N–H and O–H groups in total. The summed E-state index contributed by atoms with van der Waals surface area (Å²) in [6.07, 6.45) is 1.03. The standard InChI is InChI=1S/C27H22N4O3/c1-2-9-24(32)34-18-33-22-14-15-23(21(16-22)17-28)27-30-25(19-10-5-3-6-11-19)29-26(31-27)20-12-7-4-8-13-20/h3-8,10-16H,2,9,18H2,1H3. The first-order valence-electron chi connectivity index (χ1n) is 10.9. The third kappa shape index (κ3) is 5.43. The van der Waals surface area contributed by atoms with Gasteiger partial charge in [-0.25, -0.2) is 15.0 Å². The van der Waals surface area contributed by atoms with Gasteiger partial charge in [-0.2, -0.15) is 5.26 Å². The highest BCUT2D eigenvalue weighted by molar-refractivity contribution is 5.71. The Morgan fingerprint density at radius 1 is 0.853 bits per heavy atom. The molecule has 0 aliphatic rings. The average Bonchev–Trinajstić information content (AvgIpc) is 2.89. The Labute approximate surface area is 197 Å². The maximum atomic E-state index is 11.5. The van der Waals surface area contributed by atoms with Crippen molar-refractivity contribution in [2.75, 3.05) is 6.79 Å². The van der Waals surface area contributed by atoms with E-state index in [1.54, 1.807) is 18.2 Å². The lowest BCUT2D eigenvalue weighted by Crippen LogP contribution is -2.10. The Morgan fingerprint density at radius 2 is 1.44 bits per heavy atom. The van der Waals surface area contributed by atoms with Crippen molar-refractivity contribution in [3.8, 4) is 46.0 Å². The van der Waals surface area contributed by atoms with Gasteiger partial charge >= 0.3 is 5.97 Å². The number of benzene rings is 3. The highest BCUT2D eigenvalue weighted by Gasteiger charge is 2.15. The van der Waals surface area contributed by atoms with Crippen LogP contribution in [0.3, 0.4) is 0 Å². The second kappa shape index (κ2) is 10.8. The fourth-order valence-electron chi connectivity index (χ4n) is 3.27. The monoisotopic (exact) mass is 450 g/mol. The van der Waals surface area contributed by atoms with E-state index in [0.29, 0.717) is 47.2 Å². The first kappa shape index (κ1) is 22.6. The molecule has 34 heavy (non-hydrogen) atoms. The van der Waals surface area contributed by atoms with Crippen molar-refractivity contribution in [2.45, 2.75) is 19.8 Å². The summed E-state index contributed by atoms with van der Waals surface area (Å²) in [5, 5.41) is 9.80. The van der Waals surface area contributed by atoms with Crippen molar-refractivity contribution < 1.29 is 14.3 Å². The fourth-order valence-corrected chi connectivity index (χ4v) is 3.27. The minimum absolute atomic E-state index is 0.217. The lowest BCUT2D eigenvalue weighted by Gasteiger charge is -2.11.